The number of anilines is 1. The van der Waals surface area contributed by atoms with Gasteiger partial charge in [0, 0.05) is 18.5 Å². The predicted octanol–water partition coefficient (Wildman–Crippen LogP) is 2.62. The normalized spacial score (nSPS) is 11.2. The number of hydrogen-bond donors (Lipinski definition) is 2. The van der Waals surface area contributed by atoms with Crippen LogP contribution in [0.4, 0.5) is 18.3 Å². The molecule has 2 N–H and O–H groups in total. The fourth-order valence-electron chi connectivity index (χ4n) is 1.75. The summed E-state index contributed by atoms with van der Waals surface area (Å²) in [7, 11) is 0. The second-order valence-corrected chi connectivity index (χ2v) is 5.81. The number of carbonyl (C=O) groups excluding carboxylic acids is 2. The van der Waals surface area contributed by atoms with Crippen molar-refractivity contribution in [2.45, 2.75) is 19.5 Å². The molecule has 2 rings (SSSR count). The summed E-state index contributed by atoms with van der Waals surface area (Å²) >= 11 is 0.240. The van der Waals surface area contributed by atoms with Gasteiger partial charge in [-0.15, -0.1) is 10.2 Å². The van der Waals surface area contributed by atoms with Gasteiger partial charge >= 0.3 is 6.18 Å². The molecule has 24 heavy (non-hydrogen) atoms. The van der Waals surface area contributed by atoms with Crippen LogP contribution >= 0.6 is 11.3 Å². The first-order chi connectivity index (χ1) is 11.3. The van der Waals surface area contributed by atoms with Gasteiger partial charge in [-0.3, -0.25) is 9.59 Å². The zero-order chi connectivity index (χ0) is 17.7. The molecule has 0 aliphatic rings. The van der Waals surface area contributed by atoms with Crippen molar-refractivity contribution in [2.24, 2.45) is 0 Å². The molecule has 0 fully saturated rings. The van der Waals surface area contributed by atoms with Gasteiger partial charge < -0.3 is 10.6 Å². The lowest BCUT2D eigenvalue weighted by Gasteiger charge is -2.05. The average Bonchev–Trinajstić information content (AvgIpc) is 2.95. The molecule has 1 aromatic heterocycles. The van der Waals surface area contributed by atoms with E-state index in [1.165, 1.54) is 0 Å². The lowest BCUT2D eigenvalue weighted by atomic mass is 10.1. The standard InChI is InChI=1S/C14H13F3N4O2S/c1-8-3-2-4-9(7-8)11(23)18-6-5-10(22)19-13-21-20-12(24-13)14(15,16)17/h2-4,7H,5-6H2,1H3,(H,18,23)(H,19,21,22). The molecule has 2 amide bonds. The van der Waals surface area contributed by atoms with E-state index < -0.39 is 17.1 Å². The Morgan fingerprint density at radius 2 is 2.00 bits per heavy atom. The van der Waals surface area contributed by atoms with E-state index in [0.29, 0.717) is 5.56 Å². The topological polar surface area (TPSA) is 84.0 Å². The Bertz CT molecular complexity index is 746. The van der Waals surface area contributed by atoms with Gasteiger partial charge in [0.05, 0.1) is 0 Å². The Morgan fingerprint density at radius 3 is 2.62 bits per heavy atom. The van der Waals surface area contributed by atoms with Crippen LogP contribution in [0.5, 0.6) is 0 Å². The largest absolute Gasteiger partial charge is 0.445 e. The van der Waals surface area contributed by atoms with Crippen LogP contribution in [0.25, 0.3) is 0 Å². The van der Waals surface area contributed by atoms with Crippen molar-refractivity contribution < 1.29 is 22.8 Å². The monoisotopic (exact) mass is 358 g/mol. The van der Waals surface area contributed by atoms with Crippen LogP contribution in [0.1, 0.15) is 27.3 Å². The average molecular weight is 358 g/mol. The van der Waals surface area contributed by atoms with Crippen molar-refractivity contribution in [3.8, 4) is 0 Å². The van der Waals surface area contributed by atoms with Crippen LogP contribution in [-0.4, -0.2) is 28.6 Å². The highest BCUT2D eigenvalue weighted by Crippen LogP contribution is 2.32. The summed E-state index contributed by atoms with van der Waals surface area (Å²) in [5, 5.41) is 9.61. The van der Waals surface area contributed by atoms with Gasteiger partial charge in [0.15, 0.2) is 0 Å². The van der Waals surface area contributed by atoms with Crippen LogP contribution in [0, 0.1) is 6.92 Å². The van der Waals surface area contributed by atoms with Crippen molar-refractivity contribution in [1.29, 1.82) is 0 Å². The minimum absolute atomic E-state index is 0.0452. The summed E-state index contributed by atoms with van der Waals surface area (Å²) in [4.78, 5) is 23.5. The van der Waals surface area contributed by atoms with E-state index in [4.69, 9.17) is 0 Å². The lowest BCUT2D eigenvalue weighted by molar-refractivity contribution is -0.138. The maximum atomic E-state index is 12.4. The Morgan fingerprint density at radius 1 is 1.25 bits per heavy atom. The fraction of sp³-hybridized carbons (Fsp3) is 0.286. The first-order valence-corrected chi connectivity index (χ1v) is 7.63. The number of aromatic nitrogens is 2. The Kier molecular flexibility index (Phi) is 5.50. The highest BCUT2D eigenvalue weighted by Gasteiger charge is 2.35. The highest BCUT2D eigenvalue weighted by atomic mass is 32.1. The van der Waals surface area contributed by atoms with E-state index in [1.54, 1.807) is 18.2 Å². The van der Waals surface area contributed by atoms with Crippen molar-refractivity contribution in [3.05, 3.63) is 40.4 Å². The molecule has 0 aliphatic heterocycles. The summed E-state index contributed by atoms with van der Waals surface area (Å²) in [5.41, 5.74) is 1.39. The van der Waals surface area contributed by atoms with Crippen LogP contribution in [0.2, 0.25) is 0 Å². The van der Waals surface area contributed by atoms with E-state index in [2.05, 4.69) is 20.8 Å². The van der Waals surface area contributed by atoms with Crippen LogP contribution < -0.4 is 10.6 Å². The van der Waals surface area contributed by atoms with Gasteiger partial charge in [0.1, 0.15) is 0 Å². The Balaban J connectivity index is 1.79. The molecular formula is C14H13F3N4O2S. The lowest BCUT2D eigenvalue weighted by Crippen LogP contribution is -2.27. The number of aryl methyl sites for hydroxylation is 1. The molecule has 0 atom stereocenters. The van der Waals surface area contributed by atoms with Crippen LogP contribution in [0.3, 0.4) is 0 Å². The van der Waals surface area contributed by atoms with Crippen molar-refractivity contribution in [3.63, 3.8) is 0 Å². The number of alkyl halides is 3. The van der Waals surface area contributed by atoms with E-state index >= 15 is 0 Å². The van der Waals surface area contributed by atoms with E-state index in [-0.39, 0.29) is 35.3 Å². The molecule has 6 nitrogen and oxygen atoms in total. The molecule has 0 saturated carbocycles. The third-order valence-corrected chi connectivity index (χ3v) is 3.72. The van der Waals surface area contributed by atoms with Gasteiger partial charge in [-0.2, -0.15) is 13.2 Å². The zero-order valence-electron chi connectivity index (χ0n) is 12.5. The molecule has 1 aromatic carbocycles. The third-order valence-electron chi connectivity index (χ3n) is 2.83. The van der Waals surface area contributed by atoms with Gasteiger partial charge in [-0.25, -0.2) is 0 Å². The second kappa shape index (κ2) is 7.39. The third kappa shape index (κ3) is 5.01. The van der Waals surface area contributed by atoms with Crippen LogP contribution in [0.15, 0.2) is 24.3 Å². The predicted molar refractivity (Wildman–Crippen MR) is 81.7 cm³/mol. The number of carbonyl (C=O) groups is 2. The molecule has 0 aliphatic carbocycles. The number of nitrogens with one attached hydrogen (secondary N) is 2. The molecule has 0 bridgehead atoms. The molecule has 0 unspecified atom stereocenters. The van der Waals surface area contributed by atoms with Crippen molar-refractivity contribution >= 4 is 28.3 Å². The minimum atomic E-state index is -4.59. The molecular weight excluding hydrogens is 345 g/mol. The summed E-state index contributed by atoms with van der Waals surface area (Å²) in [6.45, 7) is 1.89. The van der Waals surface area contributed by atoms with Crippen LogP contribution in [-0.2, 0) is 11.0 Å². The van der Waals surface area contributed by atoms with E-state index in [0.717, 1.165) is 5.56 Å². The number of rotatable bonds is 5. The SMILES string of the molecule is Cc1cccc(C(=O)NCCC(=O)Nc2nnc(C(F)(F)F)s2)c1. The number of amides is 2. The van der Waals surface area contributed by atoms with Gasteiger partial charge in [0.2, 0.25) is 16.0 Å². The number of hydrogen-bond acceptors (Lipinski definition) is 5. The van der Waals surface area contributed by atoms with E-state index in [1.807, 2.05) is 13.0 Å². The summed E-state index contributed by atoms with van der Waals surface area (Å²) in [5.74, 6) is -0.897. The van der Waals surface area contributed by atoms with Crippen molar-refractivity contribution in [1.82, 2.24) is 15.5 Å². The van der Waals surface area contributed by atoms with Gasteiger partial charge in [-0.05, 0) is 19.1 Å². The molecule has 0 saturated heterocycles. The quantitative estimate of drug-likeness (QED) is 0.861. The van der Waals surface area contributed by atoms with Crippen molar-refractivity contribution in [2.75, 3.05) is 11.9 Å². The number of halogens is 3. The minimum Gasteiger partial charge on any atom is -0.352 e. The van der Waals surface area contributed by atoms with E-state index in [9.17, 15) is 22.8 Å². The Hall–Kier alpha value is -2.49. The number of benzene rings is 1. The molecule has 1 heterocycles. The van der Waals surface area contributed by atoms with Gasteiger partial charge in [0.25, 0.3) is 5.91 Å². The maximum Gasteiger partial charge on any atom is 0.445 e. The summed E-state index contributed by atoms with van der Waals surface area (Å²) < 4.78 is 37.1. The summed E-state index contributed by atoms with van der Waals surface area (Å²) in [6.07, 6.45) is -4.69. The first-order valence-electron chi connectivity index (χ1n) is 6.81. The highest BCUT2D eigenvalue weighted by molar-refractivity contribution is 7.15. The Labute approximate surface area is 139 Å². The maximum absolute atomic E-state index is 12.4. The molecule has 128 valence electrons. The molecule has 0 radical (unpaired) electrons. The summed E-state index contributed by atoms with van der Waals surface area (Å²) in [6, 6.07) is 6.93. The van der Waals surface area contributed by atoms with Gasteiger partial charge in [-0.1, -0.05) is 29.0 Å². The second-order valence-electron chi connectivity index (χ2n) is 4.83. The zero-order valence-corrected chi connectivity index (χ0v) is 13.3. The number of nitrogens with zero attached hydrogens (tertiary/aromatic N) is 2. The molecule has 10 heteroatoms. The smallest absolute Gasteiger partial charge is 0.352 e. The molecule has 2 aromatic rings. The first kappa shape index (κ1) is 17.9. The molecule has 0 spiro atoms. The fourth-order valence-corrected chi connectivity index (χ4v) is 2.38.